The molecule has 0 fully saturated rings. The fraction of sp³-hybridized carbons (Fsp3) is 0.109. The van der Waals surface area contributed by atoms with Gasteiger partial charge in [0.1, 0.15) is 6.07 Å². The van der Waals surface area contributed by atoms with Crippen molar-refractivity contribution in [1.82, 2.24) is 9.13 Å². The highest BCUT2D eigenvalue weighted by molar-refractivity contribution is 6.12. The van der Waals surface area contributed by atoms with E-state index in [0.29, 0.717) is 33.6 Å². The van der Waals surface area contributed by atoms with Gasteiger partial charge in [0.25, 0.3) is 0 Å². The number of aromatic nitrogens is 2. The number of para-hydroxylation sites is 2. The SMILES string of the molecule is Cc1cc(C)cc(-c2ccc3c(c2)c2ccccc2n3-c2cc(-c3cc(C)cc(C(F)(F)F)c3)c(-n3c4ccccc4c4cc(-c5cc(C)cc(C)c5)ccc43)cc2C#N)c1. The van der Waals surface area contributed by atoms with E-state index >= 15 is 0 Å². The number of aryl methyl sites for hydroxylation is 5. The summed E-state index contributed by atoms with van der Waals surface area (Å²) in [6.45, 7) is 10.1. The van der Waals surface area contributed by atoms with Crippen molar-refractivity contribution in [3.63, 3.8) is 0 Å². The molecule has 0 aliphatic rings. The smallest absolute Gasteiger partial charge is 0.309 e. The molecule has 0 unspecified atom stereocenters. The molecular formula is C55H40F3N3. The first-order valence-corrected chi connectivity index (χ1v) is 20.4. The zero-order valence-corrected chi connectivity index (χ0v) is 34.4. The van der Waals surface area contributed by atoms with Gasteiger partial charge < -0.3 is 9.13 Å². The number of fused-ring (bicyclic) bond motifs is 6. The van der Waals surface area contributed by atoms with Crippen LogP contribution in [-0.2, 0) is 6.18 Å². The van der Waals surface area contributed by atoms with Gasteiger partial charge >= 0.3 is 6.18 Å². The lowest BCUT2D eigenvalue weighted by molar-refractivity contribution is -0.137. The van der Waals surface area contributed by atoms with Crippen LogP contribution in [0.15, 0.2) is 152 Å². The van der Waals surface area contributed by atoms with Crippen molar-refractivity contribution in [1.29, 1.82) is 5.26 Å². The normalized spacial score (nSPS) is 11.9. The van der Waals surface area contributed by atoms with Crippen LogP contribution in [0.1, 0.15) is 38.9 Å². The third-order valence-electron chi connectivity index (χ3n) is 11.9. The average Bonchev–Trinajstić information content (AvgIpc) is 3.74. The quantitative estimate of drug-likeness (QED) is 0.171. The first-order valence-electron chi connectivity index (χ1n) is 20.4. The van der Waals surface area contributed by atoms with E-state index in [0.717, 1.165) is 65.9 Å². The molecule has 2 aromatic heterocycles. The number of benzene rings is 8. The van der Waals surface area contributed by atoms with Crippen LogP contribution in [0.5, 0.6) is 0 Å². The lowest BCUT2D eigenvalue weighted by Crippen LogP contribution is -2.07. The minimum absolute atomic E-state index is 0.390. The molecule has 0 saturated carbocycles. The van der Waals surface area contributed by atoms with E-state index in [1.807, 2.05) is 48.5 Å². The Morgan fingerprint density at radius 3 is 1.34 bits per heavy atom. The van der Waals surface area contributed by atoms with Crippen molar-refractivity contribution in [3.8, 4) is 50.8 Å². The Hall–Kier alpha value is -7.36. The molecule has 0 bridgehead atoms. The van der Waals surface area contributed by atoms with E-state index in [9.17, 15) is 18.4 Å². The summed E-state index contributed by atoms with van der Waals surface area (Å²) in [5, 5.41) is 15.1. The number of rotatable bonds is 5. The van der Waals surface area contributed by atoms with Gasteiger partial charge in [-0.05, 0) is 129 Å². The van der Waals surface area contributed by atoms with Crippen molar-refractivity contribution < 1.29 is 13.2 Å². The van der Waals surface area contributed by atoms with Crippen LogP contribution in [-0.4, -0.2) is 9.13 Å². The summed E-state index contributed by atoms with van der Waals surface area (Å²) in [7, 11) is 0. The summed E-state index contributed by atoms with van der Waals surface area (Å²) >= 11 is 0. The van der Waals surface area contributed by atoms with E-state index < -0.39 is 11.7 Å². The Kier molecular flexibility index (Phi) is 8.78. The van der Waals surface area contributed by atoms with Crippen molar-refractivity contribution >= 4 is 43.6 Å². The second kappa shape index (κ2) is 14.1. The Morgan fingerprint density at radius 1 is 0.410 bits per heavy atom. The molecule has 0 aliphatic carbocycles. The topological polar surface area (TPSA) is 33.6 Å². The maximum atomic E-state index is 14.6. The van der Waals surface area contributed by atoms with Crippen LogP contribution in [0.25, 0.3) is 88.4 Å². The van der Waals surface area contributed by atoms with E-state index in [2.05, 4.69) is 128 Å². The van der Waals surface area contributed by atoms with Crippen molar-refractivity contribution in [2.45, 2.75) is 40.8 Å². The van der Waals surface area contributed by atoms with Gasteiger partial charge in [0.15, 0.2) is 0 Å². The summed E-state index contributed by atoms with van der Waals surface area (Å²) in [5.41, 5.74) is 14.9. The summed E-state index contributed by atoms with van der Waals surface area (Å²) in [5.74, 6) is 0. The van der Waals surface area contributed by atoms with Crippen LogP contribution in [0, 0.1) is 45.9 Å². The minimum Gasteiger partial charge on any atom is -0.309 e. The minimum atomic E-state index is -4.56. The molecule has 0 radical (unpaired) electrons. The second-order valence-electron chi connectivity index (χ2n) is 16.5. The van der Waals surface area contributed by atoms with Crippen LogP contribution >= 0.6 is 0 Å². The van der Waals surface area contributed by atoms with Crippen LogP contribution < -0.4 is 0 Å². The second-order valence-corrected chi connectivity index (χ2v) is 16.5. The fourth-order valence-corrected chi connectivity index (χ4v) is 9.48. The van der Waals surface area contributed by atoms with Crippen LogP contribution in [0.4, 0.5) is 13.2 Å². The van der Waals surface area contributed by atoms with Gasteiger partial charge in [0, 0.05) is 27.1 Å². The van der Waals surface area contributed by atoms with E-state index in [1.165, 1.54) is 34.4 Å². The molecule has 2 heterocycles. The first-order chi connectivity index (χ1) is 29.3. The van der Waals surface area contributed by atoms with Gasteiger partial charge in [-0.25, -0.2) is 0 Å². The molecule has 10 rings (SSSR count). The zero-order chi connectivity index (χ0) is 42.3. The third kappa shape index (κ3) is 6.45. The van der Waals surface area contributed by atoms with Crippen LogP contribution in [0.2, 0.25) is 0 Å². The Labute approximate surface area is 352 Å². The molecule has 296 valence electrons. The van der Waals surface area contributed by atoms with E-state index in [4.69, 9.17) is 0 Å². The lowest BCUT2D eigenvalue weighted by atomic mass is 9.95. The molecule has 10 aromatic rings. The fourth-order valence-electron chi connectivity index (χ4n) is 9.48. The molecule has 0 aliphatic heterocycles. The summed E-state index contributed by atoms with van der Waals surface area (Å²) in [6.07, 6.45) is -4.56. The molecular weight excluding hydrogens is 760 g/mol. The van der Waals surface area contributed by atoms with Gasteiger partial charge in [-0.1, -0.05) is 113 Å². The highest BCUT2D eigenvalue weighted by Gasteiger charge is 2.32. The number of alkyl halides is 3. The highest BCUT2D eigenvalue weighted by Crippen LogP contribution is 2.43. The number of nitriles is 1. The molecule has 0 amide bonds. The number of nitrogens with zero attached hydrogens (tertiary/aromatic N) is 3. The molecule has 6 heteroatoms. The monoisotopic (exact) mass is 799 g/mol. The Balaban J connectivity index is 1.28. The summed E-state index contributed by atoms with van der Waals surface area (Å²) in [6, 6.07) is 52.5. The summed E-state index contributed by atoms with van der Waals surface area (Å²) < 4.78 is 48.0. The van der Waals surface area contributed by atoms with Gasteiger partial charge in [0.05, 0.1) is 44.6 Å². The van der Waals surface area contributed by atoms with Crippen LogP contribution in [0.3, 0.4) is 0 Å². The molecule has 0 spiro atoms. The molecule has 61 heavy (non-hydrogen) atoms. The van der Waals surface area contributed by atoms with E-state index in [-0.39, 0.29) is 0 Å². The van der Waals surface area contributed by atoms with Gasteiger partial charge in [0.2, 0.25) is 0 Å². The Morgan fingerprint density at radius 2 is 0.852 bits per heavy atom. The lowest BCUT2D eigenvalue weighted by Gasteiger charge is -2.20. The van der Waals surface area contributed by atoms with Crippen molar-refractivity contribution in [2.24, 2.45) is 0 Å². The van der Waals surface area contributed by atoms with Crippen molar-refractivity contribution in [2.75, 3.05) is 0 Å². The first kappa shape index (κ1) is 37.9. The maximum Gasteiger partial charge on any atom is 0.416 e. The van der Waals surface area contributed by atoms with E-state index in [1.54, 1.807) is 13.0 Å². The molecule has 0 N–H and O–H groups in total. The van der Waals surface area contributed by atoms with Gasteiger partial charge in [-0.15, -0.1) is 0 Å². The maximum absolute atomic E-state index is 14.6. The van der Waals surface area contributed by atoms with Crippen molar-refractivity contribution in [3.05, 3.63) is 191 Å². The standard InChI is InChI=1S/C55H40F3N3/c1-32-18-33(2)21-39(20-32)37-14-16-51-47(27-37)44-10-6-8-12-49(44)60(51)53-30-46(41-24-36(5)25-43(26-41)55(56,57)58)54(29-42(53)31-59)61-50-13-9-7-11-45(50)48-28-38(15-17-52(48)61)40-22-34(3)19-35(4)23-40/h6-30H,1-5H3. The Bertz CT molecular complexity index is 3440. The number of halogens is 3. The number of hydrogen-bond acceptors (Lipinski definition) is 1. The molecule has 3 nitrogen and oxygen atoms in total. The highest BCUT2D eigenvalue weighted by atomic mass is 19.4. The summed E-state index contributed by atoms with van der Waals surface area (Å²) in [4.78, 5) is 0. The van der Waals surface area contributed by atoms with Gasteiger partial charge in [-0.3, -0.25) is 0 Å². The molecule has 8 aromatic carbocycles. The average molecular weight is 800 g/mol. The van der Waals surface area contributed by atoms with Gasteiger partial charge in [-0.2, -0.15) is 18.4 Å². The molecule has 0 saturated heterocycles. The number of hydrogen-bond donors (Lipinski definition) is 0. The predicted octanol–water partition coefficient (Wildman–Crippen LogP) is 15.3. The predicted molar refractivity (Wildman–Crippen MR) is 245 cm³/mol. The third-order valence-corrected chi connectivity index (χ3v) is 11.9. The zero-order valence-electron chi connectivity index (χ0n) is 34.4. The molecule has 0 atom stereocenters. The largest absolute Gasteiger partial charge is 0.416 e.